The van der Waals surface area contributed by atoms with E-state index in [4.69, 9.17) is 0 Å². The monoisotopic (exact) mass is 253 g/mol. The molecular formula is C12H19N3O3. The number of amides is 4. The van der Waals surface area contributed by atoms with Crippen LogP contribution in [0.25, 0.3) is 0 Å². The van der Waals surface area contributed by atoms with E-state index >= 15 is 0 Å². The summed E-state index contributed by atoms with van der Waals surface area (Å²) in [7, 11) is 0. The van der Waals surface area contributed by atoms with Gasteiger partial charge in [0.1, 0.15) is 5.41 Å². The number of carbonyl (C=O) groups excluding carboxylic acids is 3. The minimum absolute atomic E-state index is 0.316. The fourth-order valence-corrected chi connectivity index (χ4v) is 2.28. The van der Waals surface area contributed by atoms with Crippen LogP contribution in [0.4, 0.5) is 4.79 Å². The van der Waals surface area contributed by atoms with Gasteiger partial charge in [-0.2, -0.15) is 0 Å². The van der Waals surface area contributed by atoms with Gasteiger partial charge in [0.15, 0.2) is 0 Å². The van der Waals surface area contributed by atoms with Crippen LogP contribution in [-0.2, 0) is 9.59 Å². The van der Waals surface area contributed by atoms with Crippen molar-refractivity contribution in [2.45, 2.75) is 26.7 Å². The van der Waals surface area contributed by atoms with Gasteiger partial charge in [0.25, 0.3) is 0 Å². The van der Waals surface area contributed by atoms with E-state index in [2.05, 4.69) is 10.2 Å². The first-order chi connectivity index (χ1) is 8.55. The van der Waals surface area contributed by atoms with Gasteiger partial charge in [0.2, 0.25) is 11.8 Å². The van der Waals surface area contributed by atoms with Gasteiger partial charge in [0.05, 0.1) is 0 Å². The highest BCUT2D eigenvalue weighted by Gasteiger charge is 2.62. The molecule has 4 amide bonds. The van der Waals surface area contributed by atoms with Gasteiger partial charge in [-0.1, -0.05) is 13.8 Å². The molecule has 0 aromatic carbocycles. The molecule has 2 fully saturated rings. The summed E-state index contributed by atoms with van der Waals surface area (Å²) in [5.74, 6) is -0.736. The SMILES string of the molecule is CCN(CC)CCN1C(=O)NC(=O)C2(CC2)C1=O. The molecule has 1 saturated carbocycles. The number of likely N-dealkylation sites (N-methyl/N-ethyl adjacent to an activating group) is 1. The minimum atomic E-state index is -0.919. The van der Waals surface area contributed by atoms with Crippen LogP contribution in [0.2, 0.25) is 0 Å². The number of hydrogen-bond donors (Lipinski definition) is 1. The zero-order valence-corrected chi connectivity index (χ0v) is 10.9. The lowest BCUT2D eigenvalue weighted by molar-refractivity contribution is -0.144. The van der Waals surface area contributed by atoms with Crippen molar-refractivity contribution in [3.8, 4) is 0 Å². The number of hydrogen-bond acceptors (Lipinski definition) is 4. The summed E-state index contributed by atoms with van der Waals surface area (Å²) in [4.78, 5) is 38.7. The Balaban J connectivity index is 2.01. The van der Waals surface area contributed by atoms with Gasteiger partial charge in [-0.25, -0.2) is 4.79 Å². The first kappa shape index (κ1) is 13.0. The second-order valence-electron chi connectivity index (χ2n) is 4.83. The molecule has 6 nitrogen and oxygen atoms in total. The Hall–Kier alpha value is -1.43. The van der Waals surface area contributed by atoms with Crippen LogP contribution in [0.5, 0.6) is 0 Å². The Morgan fingerprint density at radius 3 is 2.33 bits per heavy atom. The summed E-state index contributed by atoms with van der Waals surface area (Å²) in [5, 5.41) is 2.28. The van der Waals surface area contributed by atoms with Gasteiger partial charge < -0.3 is 4.90 Å². The number of imide groups is 2. The van der Waals surface area contributed by atoms with Crippen molar-refractivity contribution < 1.29 is 14.4 Å². The highest BCUT2D eigenvalue weighted by Crippen LogP contribution is 2.48. The lowest BCUT2D eigenvalue weighted by Crippen LogP contribution is -2.60. The molecule has 0 atom stereocenters. The van der Waals surface area contributed by atoms with Crippen LogP contribution >= 0.6 is 0 Å². The zero-order valence-electron chi connectivity index (χ0n) is 10.9. The van der Waals surface area contributed by atoms with E-state index in [9.17, 15) is 14.4 Å². The highest BCUT2D eigenvalue weighted by atomic mass is 16.2. The lowest BCUT2D eigenvalue weighted by Gasteiger charge is -2.31. The summed E-state index contributed by atoms with van der Waals surface area (Å²) in [6.45, 7) is 6.83. The van der Waals surface area contributed by atoms with E-state index in [0.29, 0.717) is 25.9 Å². The number of urea groups is 1. The van der Waals surface area contributed by atoms with Crippen LogP contribution in [0, 0.1) is 5.41 Å². The Morgan fingerprint density at radius 2 is 1.83 bits per heavy atom. The molecule has 6 heteroatoms. The van der Waals surface area contributed by atoms with Crippen LogP contribution in [0.3, 0.4) is 0 Å². The van der Waals surface area contributed by atoms with Gasteiger partial charge in [0, 0.05) is 13.1 Å². The third-order valence-corrected chi connectivity index (χ3v) is 3.84. The molecule has 0 aromatic heterocycles. The molecule has 2 aliphatic rings. The zero-order chi connectivity index (χ0) is 13.3. The number of rotatable bonds is 5. The molecule has 1 N–H and O–H groups in total. The van der Waals surface area contributed by atoms with Gasteiger partial charge >= 0.3 is 6.03 Å². The van der Waals surface area contributed by atoms with Crippen molar-refractivity contribution >= 4 is 17.8 Å². The number of barbiturate groups is 1. The Morgan fingerprint density at radius 1 is 1.22 bits per heavy atom. The Kier molecular flexibility index (Phi) is 3.38. The van der Waals surface area contributed by atoms with E-state index < -0.39 is 17.4 Å². The molecule has 18 heavy (non-hydrogen) atoms. The third kappa shape index (κ3) is 2.01. The van der Waals surface area contributed by atoms with Crippen molar-refractivity contribution in [1.29, 1.82) is 0 Å². The second-order valence-corrected chi connectivity index (χ2v) is 4.83. The normalized spacial score (nSPS) is 21.7. The molecule has 1 aliphatic carbocycles. The number of carbonyl (C=O) groups is 3. The summed E-state index contributed by atoms with van der Waals surface area (Å²) in [6, 6.07) is -0.574. The largest absolute Gasteiger partial charge is 0.330 e. The van der Waals surface area contributed by atoms with Crippen LogP contribution in [-0.4, -0.2) is 53.8 Å². The summed E-state index contributed by atoms with van der Waals surface area (Å²) in [6.07, 6.45) is 1.12. The minimum Gasteiger partial charge on any atom is -0.302 e. The number of nitrogens with zero attached hydrogens (tertiary/aromatic N) is 2. The van der Waals surface area contributed by atoms with Gasteiger partial charge in [-0.05, 0) is 25.9 Å². The molecule has 1 heterocycles. The summed E-state index contributed by atoms with van der Waals surface area (Å²) >= 11 is 0. The number of nitrogens with one attached hydrogen (secondary N) is 1. The lowest BCUT2D eigenvalue weighted by atomic mass is 10.0. The first-order valence-corrected chi connectivity index (χ1v) is 6.45. The smallest absolute Gasteiger partial charge is 0.302 e. The van der Waals surface area contributed by atoms with Crippen LogP contribution in [0.15, 0.2) is 0 Å². The molecule has 100 valence electrons. The van der Waals surface area contributed by atoms with E-state index in [1.165, 1.54) is 4.90 Å². The molecule has 2 rings (SSSR count). The van der Waals surface area contributed by atoms with E-state index in [0.717, 1.165) is 13.1 Å². The van der Waals surface area contributed by atoms with E-state index in [-0.39, 0.29) is 5.91 Å². The molecule has 0 radical (unpaired) electrons. The molecule has 1 aliphatic heterocycles. The Labute approximate surface area is 106 Å². The van der Waals surface area contributed by atoms with Crippen molar-refractivity contribution in [1.82, 2.24) is 15.1 Å². The maximum atomic E-state index is 12.1. The maximum absolute atomic E-state index is 12.1. The van der Waals surface area contributed by atoms with Crippen molar-refractivity contribution in [3.63, 3.8) is 0 Å². The fraction of sp³-hybridized carbons (Fsp3) is 0.750. The highest BCUT2D eigenvalue weighted by molar-refractivity contribution is 6.20. The quantitative estimate of drug-likeness (QED) is 0.710. The third-order valence-electron chi connectivity index (χ3n) is 3.84. The van der Waals surface area contributed by atoms with Gasteiger partial charge in [-0.3, -0.25) is 19.8 Å². The van der Waals surface area contributed by atoms with Crippen molar-refractivity contribution in [2.75, 3.05) is 26.2 Å². The predicted molar refractivity (Wildman–Crippen MR) is 64.7 cm³/mol. The second kappa shape index (κ2) is 4.68. The molecule has 0 bridgehead atoms. The first-order valence-electron chi connectivity index (χ1n) is 6.45. The van der Waals surface area contributed by atoms with E-state index in [1.807, 2.05) is 13.8 Å². The van der Waals surface area contributed by atoms with Crippen molar-refractivity contribution in [3.05, 3.63) is 0 Å². The topological polar surface area (TPSA) is 69.7 Å². The standard InChI is InChI=1S/C12H19N3O3/c1-3-14(4-2)7-8-15-10(17)12(5-6-12)9(16)13-11(15)18/h3-8H2,1-2H3,(H,13,16,18). The van der Waals surface area contributed by atoms with Crippen molar-refractivity contribution in [2.24, 2.45) is 5.41 Å². The molecule has 0 aromatic rings. The maximum Gasteiger partial charge on any atom is 0.330 e. The summed E-state index contributed by atoms with van der Waals surface area (Å²) in [5.41, 5.74) is -0.919. The fourth-order valence-electron chi connectivity index (χ4n) is 2.28. The van der Waals surface area contributed by atoms with Gasteiger partial charge in [-0.15, -0.1) is 0 Å². The molecule has 0 unspecified atom stereocenters. The Bertz CT molecular complexity index is 386. The van der Waals surface area contributed by atoms with Crippen LogP contribution in [0.1, 0.15) is 26.7 Å². The molecule has 1 saturated heterocycles. The average molecular weight is 253 g/mol. The average Bonchev–Trinajstić information content (AvgIpc) is 3.13. The van der Waals surface area contributed by atoms with E-state index in [1.54, 1.807) is 0 Å². The van der Waals surface area contributed by atoms with Crippen LogP contribution < -0.4 is 5.32 Å². The molecular weight excluding hydrogens is 234 g/mol. The predicted octanol–water partition coefficient (Wildman–Crippen LogP) is 0.187. The summed E-state index contributed by atoms with van der Waals surface area (Å²) < 4.78 is 0. The molecule has 1 spiro atoms.